The van der Waals surface area contributed by atoms with Crippen molar-refractivity contribution in [3.63, 3.8) is 0 Å². The molecule has 0 aliphatic carbocycles. The van der Waals surface area contributed by atoms with Gasteiger partial charge >= 0.3 is 13.7 Å². The minimum atomic E-state index is -3.77. The fourth-order valence-corrected chi connectivity index (χ4v) is 3.27. The topological polar surface area (TPSA) is 84.9 Å². The zero-order chi connectivity index (χ0) is 18.1. The van der Waals surface area contributed by atoms with Crippen molar-refractivity contribution in [2.45, 2.75) is 19.1 Å². The molecule has 2 rings (SSSR count). The van der Waals surface area contributed by atoms with Crippen molar-refractivity contribution in [2.75, 3.05) is 13.3 Å². The van der Waals surface area contributed by atoms with Gasteiger partial charge in [-0.1, -0.05) is 60.7 Å². The largest absolute Gasteiger partial charge is 0.445 e. The van der Waals surface area contributed by atoms with Gasteiger partial charge in [0.05, 0.1) is 6.16 Å². The number of rotatable bonds is 8. The van der Waals surface area contributed by atoms with Gasteiger partial charge in [-0.15, -0.1) is 0 Å². The Kier molecular flexibility index (Phi) is 7.19. The molecule has 0 aliphatic rings. The molecule has 0 aliphatic heterocycles. The number of carbonyl (C=O) groups is 1. The van der Waals surface area contributed by atoms with Gasteiger partial charge < -0.3 is 19.5 Å². The molecule has 2 atom stereocenters. The summed E-state index contributed by atoms with van der Waals surface area (Å²) in [6, 6.07) is 18.1. The van der Waals surface area contributed by atoms with Crippen LogP contribution >= 0.6 is 7.60 Å². The lowest BCUT2D eigenvalue weighted by Crippen LogP contribution is -2.39. The Labute approximate surface area is 147 Å². The van der Waals surface area contributed by atoms with Gasteiger partial charge in [0, 0.05) is 13.2 Å². The van der Waals surface area contributed by atoms with Crippen molar-refractivity contribution >= 4 is 13.7 Å². The van der Waals surface area contributed by atoms with Crippen molar-refractivity contribution in [1.82, 2.24) is 5.32 Å². The molecule has 2 unspecified atom stereocenters. The molecule has 0 bridgehead atoms. The molecule has 0 aromatic heterocycles. The Balaban J connectivity index is 1.96. The van der Waals surface area contributed by atoms with Crippen LogP contribution in [0.4, 0.5) is 4.79 Å². The second-order valence-corrected chi connectivity index (χ2v) is 7.60. The van der Waals surface area contributed by atoms with Crippen molar-refractivity contribution in [2.24, 2.45) is 0 Å². The van der Waals surface area contributed by atoms with E-state index in [4.69, 9.17) is 4.74 Å². The van der Waals surface area contributed by atoms with Gasteiger partial charge in [-0.05, 0) is 17.5 Å². The summed E-state index contributed by atoms with van der Waals surface area (Å²) in [4.78, 5) is 21.8. The van der Waals surface area contributed by atoms with Gasteiger partial charge in [-0.25, -0.2) is 4.79 Å². The molecule has 0 fully saturated rings. The summed E-state index contributed by atoms with van der Waals surface area (Å²) >= 11 is 0. The lowest BCUT2D eigenvalue weighted by Gasteiger charge is -2.20. The van der Waals surface area contributed by atoms with E-state index in [1.165, 1.54) is 7.11 Å². The van der Waals surface area contributed by atoms with Crippen molar-refractivity contribution in [3.8, 4) is 0 Å². The number of nitrogens with one attached hydrogen (secondary N) is 1. The lowest BCUT2D eigenvalue weighted by atomic mass is 10.1. The lowest BCUT2D eigenvalue weighted by molar-refractivity contribution is 0.136. The molecule has 2 N–H and O–H groups in total. The van der Waals surface area contributed by atoms with Gasteiger partial charge in [0.15, 0.2) is 0 Å². The molecule has 134 valence electrons. The van der Waals surface area contributed by atoms with E-state index in [-0.39, 0.29) is 12.8 Å². The summed E-state index contributed by atoms with van der Waals surface area (Å²) in [5.74, 6) is 0. The number of carbonyl (C=O) groups excluding carboxylic acids is 1. The Bertz CT molecular complexity index is 708. The molecule has 0 radical (unpaired) electrons. The van der Waals surface area contributed by atoms with Gasteiger partial charge in [-0.3, -0.25) is 4.57 Å². The second-order valence-electron chi connectivity index (χ2n) is 5.60. The number of amides is 1. The summed E-state index contributed by atoms with van der Waals surface area (Å²) < 4.78 is 21.7. The molecule has 2 aromatic carbocycles. The predicted octanol–water partition coefficient (Wildman–Crippen LogP) is 3.36. The number of alkyl carbamates (subject to hydrolysis) is 1. The smallest absolute Gasteiger partial charge is 0.407 e. The maximum Gasteiger partial charge on any atom is 0.407 e. The molecular formula is C18H22NO5P. The average Bonchev–Trinajstić information content (AvgIpc) is 2.61. The Morgan fingerprint density at radius 3 is 2.20 bits per heavy atom. The summed E-state index contributed by atoms with van der Waals surface area (Å²) in [7, 11) is -2.60. The van der Waals surface area contributed by atoms with E-state index in [1.807, 2.05) is 60.7 Å². The molecule has 25 heavy (non-hydrogen) atoms. The highest BCUT2D eigenvalue weighted by atomic mass is 31.2. The highest BCUT2D eigenvalue weighted by Gasteiger charge is 2.26. The predicted molar refractivity (Wildman–Crippen MR) is 95.4 cm³/mol. The fraction of sp³-hybridized carbons (Fsp3) is 0.278. The third-order valence-electron chi connectivity index (χ3n) is 3.60. The summed E-state index contributed by atoms with van der Waals surface area (Å²) in [5.41, 5.74) is 1.80. The molecule has 0 saturated heterocycles. The highest BCUT2D eigenvalue weighted by Crippen LogP contribution is 2.41. The second kappa shape index (κ2) is 9.37. The summed E-state index contributed by atoms with van der Waals surface area (Å²) in [6.07, 6.45) is -0.436. The molecule has 0 heterocycles. The summed E-state index contributed by atoms with van der Waals surface area (Å²) in [6.45, 7) is 0.131. The maximum atomic E-state index is 12.0. The van der Waals surface area contributed by atoms with Crippen molar-refractivity contribution in [3.05, 3.63) is 71.8 Å². The first-order chi connectivity index (χ1) is 12.0. The zero-order valence-corrected chi connectivity index (χ0v) is 14.9. The normalized spacial score (nSPS) is 14.3. The molecular weight excluding hydrogens is 341 g/mol. The van der Waals surface area contributed by atoms with E-state index in [2.05, 4.69) is 9.84 Å². The average molecular weight is 363 g/mol. The van der Waals surface area contributed by atoms with Crippen LogP contribution in [0.1, 0.15) is 11.1 Å². The third-order valence-corrected chi connectivity index (χ3v) is 5.07. The maximum absolute atomic E-state index is 12.0. The first-order valence-electron chi connectivity index (χ1n) is 7.87. The van der Waals surface area contributed by atoms with Crippen LogP contribution in [-0.2, 0) is 26.9 Å². The molecule has 2 aromatic rings. The van der Waals surface area contributed by atoms with Crippen LogP contribution in [0.15, 0.2) is 60.7 Å². The Morgan fingerprint density at radius 2 is 1.64 bits per heavy atom. The van der Waals surface area contributed by atoms with Crippen LogP contribution in [0.5, 0.6) is 0 Å². The van der Waals surface area contributed by atoms with E-state index in [1.54, 1.807) is 0 Å². The minimum Gasteiger partial charge on any atom is -0.445 e. The standard InChI is InChI=1S/C18H22NO5P/c1-23-25(21,22)14-17(12-15-8-4-2-5-9-15)19-18(20)24-13-16-10-6-3-7-11-16/h2-11,17H,12-14H2,1H3,(H,19,20)(H,21,22). The van der Waals surface area contributed by atoms with Crippen LogP contribution in [0.3, 0.4) is 0 Å². The van der Waals surface area contributed by atoms with Crippen LogP contribution in [0.25, 0.3) is 0 Å². The molecule has 0 saturated carbocycles. The van der Waals surface area contributed by atoms with E-state index >= 15 is 0 Å². The Morgan fingerprint density at radius 1 is 1.08 bits per heavy atom. The molecule has 7 heteroatoms. The van der Waals surface area contributed by atoms with Gasteiger partial charge in [0.1, 0.15) is 6.61 Å². The van der Waals surface area contributed by atoms with Crippen LogP contribution < -0.4 is 5.32 Å². The third kappa shape index (κ3) is 7.10. The number of hydrogen-bond acceptors (Lipinski definition) is 4. The fourth-order valence-electron chi connectivity index (χ4n) is 2.34. The van der Waals surface area contributed by atoms with E-state index in [0.717, 1.165) is 11.1 Å². The monoisotopic (exact) mass is 363 g/mol. The van der Waals surface area contributed by atoms with Gasteiger partial charge in [-0.2, -0.15) is 0 Å². The first kappa shape index (κ1) is 19.2. The number of hydrogen-bond donors (Lipinski definition) is 2. The quantitative estimate of drug-likeness (QED) is 0.703. The van der Waals surface area contributed by atoms with Crippen molar-refractivity contribution in [1.29, 1.82) is 0 Å². The molecule has 1 amide bonds. The molecule has 0 spiro atoms. The minimum absolute atomic E-state index is 0.131. The van der Waals surface area contributed by atoms with Crippen molar-refractivity contribution < 1.29 is 23.5 Å². The summed E-state index contributed by atoms with van der Waals surface area (Å²) in [5, 5.41) is 2.65. The van der Waals surface area contributed by atoms with Crippen LogP contribution in [-0.4, -0.2) is 30.3 Å². The highest BCUT2D eigenvalue weighted by molar-refractivity contribution is 7.52. The van der Waals surface area contributed by atoms with Gasteiger partial charge in [0.25, 0.3) is 0 Å². The Hall–Kier alpha value is -2.14. The van der Waals surface area contributed by atoms with Crippen LogP contribution in [0.2, 0.25) is 0 Å². The first-order valence-corrected chi connectivity index (χ1v) is 9.63. The van der Waals surface area contributed by atoms with Crippen LogP contribution in [0, 0.1) is 0 Å². The number of benzene rings is 2. The SMILES string of the molecule is COP(=O)(O)CC(Cc1ccccc1)NC(=O)OCc1ccccc1. The number of ether oxygens (including phenoxy) is 1. The van der Waals surface area contributed by atoms with E-state index in [0.29, 0.717) is 6.42 Å². The van der Waals surface area contributed by atoms with Gasteiger partial charge in [0.2, 0.25) is 0 Å². The molecule has 6 nitrogen and oxygen atoms in total. The van der Waals surface area contributed by atoms with E-state index in [9.17, 15) is 14.3 Å². The zero-order valence-electron chi connectivity index (χ0n) is 14.0. The van der Waals surface area contributed by atoms with E-state index < -0.39 is 19.7 Å².